The van der Waals surface area contributed by atoms with Crippen molar-refractivity contribution in [1.29, 1.82) is 0 Å². The number of halogens is 3. The van der Waals surface area contributed by atoms with Crippen molar-refractivity contribution in [2.75, 3.05) is 5.32 Å². The molecule has 0 radical (unpaired) electrons. The van der Waals surface area contributed by atoms with E-state index in [1.54, 1.807) is 0 Å². The number of aromatic nitrogens is 2. The van der Waals surface area contributed by atoms with E-state index in [0.717, 1.165) is 16.7 Å². The van der Waals surface area contributed by atoms with Gasteiger partial charge in [-0.05, 0) is 22.0 Å². The maximum atomic E-state index is 13.6. The lowest BCUT2D eigenvalue weighted by Crippen LogP contribution is -2.03. The Morgan fingerprint density at radius 3 is 2.95 bits per heavy atom. The molecule has 0 saturated heterocycles. The number of rotatable bonds is 3. The Morgan fingerprint density at radius 2 is 2.21 bits per heavy atom. The monoisotopic (exact) mass is 343 g/mol. The normalized spacial score (nSPS) is 11.1. The summed E-state index contributed by atoms with van der Waals surface area (Å²) < 4.78 is 28.8. The average molecular weight is 344 g/mol. The lowest BCUT2D eigenvalue weighted by Gasteiger charge is -2.08. The van der Waals surface area contributed by atoms with E-state index < -0.39 is 11.6 Å². The van der Waals surface area contributed by atoms with E-state index in [2.05, 4.69) is 26.2 Å². The number of anilines is 1. The first-order valence-corrected chi connectivity index (χ1v) is 7.10. The van der Waals surface area contributed by atoms with Crippen molar-refractivity contribution in [2.24, 2.45) is 0 Å². The summed E-state index contributed by atoms with van der Waals surface area (Å²) in [4.78, 5) is 5.26. The van der Waals surface area contributed by atoms with Gasteiger partial charge in [0.15, 0.2) is 4.96 Å². The Kier molecular flexibility index (Phi) is 3.24. The molecule has 0 atom stereocenters. The maximum absolute atomic E-state index is 13.6. The molecule has 2 heterocycles. The predicted octanol–water partition coefficient (Wildman–Crippen LogP) is 4.05. The highest BCUT2D eigenvalue weighted by atomic mass is 79.9. The van der Waals surface area contributed by atoms with Crippen LogP contribution in [0.4, 0.5) is 14.5 Å². The second-order valence-electron chi connectivity index (χ2n) is 3.92. The summed E-state index contributed by atoms with van der Waals surface area (Å²) in [6.07, 6.45) is 3.78. The lowest BCUT2D eigenvalue weighted by atomic mass is 10.3. The van der Waals surface area contributed by atoms with E-state index in [1.807, 2.05) is 22.2 Å². The largest absolute Gasteiger partial charge is 0.376 e. The summed E-state index contributed by atoms with van der Waals surface area (Å²) >= 11 is 4.66. The Labute approximate surface area is 120 Å². The van der Waals surface area contributed by atoms with Crippen molar-refractivity contribution in [1.82, 2.24) is 9.38 Å². The molecule has 0 aliphatic heterocycles. The second-order valence-corrected chi connectivity index (χ2v) is 5.65. The molecule has 0 aliphatic rings. The standard InChI is InChI=1S/C12H8BrF2N3S/c13-9-3-7(14)4-10(15)11(9)16-5-8-6-18-1-2-19-12(18)17-8/h1-4,6,16H,5H2. The quantitative estimate of drug-likeness (QED) is 0.777. The van der Waals surface area contributed by atoms with E-state index in [1.165, 1.54) is 17.4 Å². The number of fused-ring (bicyclic) bond motifs is 1. The van der Waals surface area contributed by atoms with Crippen LogP contribution in [0.25, 0.3) is 4.96 Å². The average Bonchev–Trinajstić information content (AvgIpc) is 2.87. The number of benzene rings is 1. The number of nitrogens with zero attached hydrogens (tertiary/aromatic N) is 2. The molecular weight excluding hydrogens is 336 g/mol. The summed E-state index contributed by atoms with van der Waals surface area (Å²) in [5.74, 6) is -1.25. The van der Waals surface area contributed by atoms with Gasteiger partial charge in [-0.2, -0.15) is 0 Å². The van der Waals surface area contributed by atoms with Gasteiger partial charge in [0.1, 0.15) is 11.6 Å². The van der Waals surface area contributed by atoms with Crippen LogP contribution in [0.1, 0.15) is 5.69 Å². The summed E-state index contributed by atoms with van der Waals surface area (Å²) in [7, 11) is 0. The molecule has 3 aromatic rings. The van der Waals surface area contributed by atoms with Gasteiger partial charge < -0.3 is 5.32 Å². The Bertz CT molecular complexity index is 686. The number of hydrogen-bond donors (Lipinski definition) is 1. The summed E-state index contributed by atoms with van der Waals surface area (Å²) in [6.45, 7) is 0.371. The van der Waals surface area contributed by atoms with Gasteiger partial charge in [-0.25, -0.2) is 13.8 Å². The minimum absolute atomic E-state index is 0.234. The maximum Gasteiger partial charge on any atom is 0.193 e. The van der Waals surface area contributed by atoms with E-state index >= 15 is 0 Å². The fourth-order valence-electron chi connectivity index (χ4n) is 1.75. The van der Waals surface area contributed by atoms with Crippen LogP contribution in [0, 0.1) is 11.6 Å². The summed E-state index contributed by atoms with van der Waals surface area (Å²) in [5.41, 5.74) is 1.03. The van der Waals surface area contributed by atoms with Gasteiger partial charge >= 0.3 is 0 Å². The highest BCUT2D eigenvalue weighted by Crippen LogP contribution is 2.27. The number of thiazole rings is 1. The van der Waals surface area contributed by atoms with Crippen molar-refractivity contribution in [3.8, 4) is 0 Å². The van der Waals surface area contributed by atoms with Crippen molar-refractivity contribution in [3.05, 3.63) is 51.7 Å². The zero-order chi connectivity index (χ0) is 13.4. The van der Waals surface area contributed by atoms with Gasteiger partial charge in [0, 0.05) is 28.3 Å². The molecule has 0 amide bonds. The molecule has 3 rings (SSSR count). The molecule has 1 N–H and O–H groups in total. The van der Waals surface area contributed by atoms with Crippen LogP contribution >= 0.6 is 27.3 Å². The number of nitrogens with one attached hydrogen (secondary N) is 1. The van der Waals surface area contributed by atoms with E-state index in [4.69, 9.17) is 0 Å². The first kappa shape index (κ1) is 12.6. The summed E-state index contributed by atoms with van der Waals surface area (Å²) in [5, 5.41) is 4.86. The highest BCUT2D eigenvalue weighted by Gasteiger charge is 2.10. The van der Waals surface area contributed by atoms with Gasteiger partial charge in [-0.3, -0.25) is 4.40 Å². The minimum atomic E-state index is -0.632. The second kappa shape index (κ2) is 4.90. The van der Waals surface area contributed by atoms with Gasteiger partial charge in [-0.15, -0.1) is 11.3 Å². The smallest absolute Gasteiger partial charge is 0.193 e. The van der Waals surface area contributed by atoms with E-state index in [0.29, 0.717) is 11.0 Å². The highest BCUT2D eigenvalue weighted by molar-refractivity contribution is 9.10. The fourth-order valence-corrected chi connectivity index (χ4v) is 3.02. The topological polar surface area (TPSA) is 29.3 Å². The van der Waals surface area contributed by atoms with Gasteiger partial charge in [0.25, 0.3) is 0 Å². The van der Waals surface area contributed by atoms with Gasteiger partial charge in [0.05, 0.1) is 17.9 Å². The zero-order valence-corrected chi connectivity index (χ0v) is 11.9. The third kappa shape index (κ3) is 2.48. The third-order valence-corrected chi connectivity index (χ3v) is 3.99. The summed E-state index contributed by atoms with van der Waals surface area (Å²) in [6, 6.07) is 2.07. The zero-order valence-electron chi connectivity index (χ0n) is 9.53. The first-order chi connectivity index (χ1) is 9.13. The van der Waals surface area contributed by atoms with Crippen LogP contribution in [0.15, 0.2) is 34.4 Å². The molecule has 1 aromatic carbocycles. The molecule has 0 spiro atoms. The van der Waals surface area contributed by atoms with Crippen LogP contribution in [-0.4, -0.2) is 9.38 Å². The molecule has 0 unspecified atom stereocenters. The van der Waals surface area contributed by atoms with E-state index in [-0.39, 0.29) is 5.69 Å². The Balaban J connectivity index is 1.81. The lowest BCUT2D eigenvalue weighted by molar-refractivity contribution is 0.583. The van der Waals surface area contributed by atoms with Crippen molar-refractivity contribution in [2.45, 2.75) is 6.54 Å². The molecule has 7 heteroatoms. The van der Waals surface area contributed by atoms with Crippen molar-refractivity contribution >= 4 is 37.9 Å². The third-order valence-electron chi connectivity index (χ3n) is 2.60. The van der Waals surface area contributed by atoms with Gasteiger partial charge in [0.2, 0.25) is 0 Å². The molecule has 0 bridgehead atoms. The number of hydrogen-bond acceptors (Lipinski definition) is 3. The van der Waals surface area contributed by atoms with Crippen molar-refractivity contribution in [3.63, 3.8) is 0 Å². The van der Waals surface area contributed by atoms with Crippen LogP contribution in [0.3, 0.4) is 0 Å². The number of imidazole rings is 1. The van der Waals surface area contributed by atoms with Crippen LogP contribution in [0.2, 0.25) is 0 Å². The molecule has 0 aliphatic carbocycles. The predicted molar refractivity (Wildman–Crippen MR) is 74.5 cm³/mol. The van der Waals surface area contributed by atoms with Crippen LogP contribution < -0.4 is 5.32 Å². The molecule has 0 fully saturated rings. The Hall–Kier alpha value is -1.47. The molecule has 0 saturated carbocycles. The first-order valence-electron chi connectivity index (χ1n) is 5.43. The molecule has 3 nitrogen and oxygen atoms in total. The Morgan fingerprint density at radius 1 is 1.37 bits per heavy atom. The SMILES string of the molecule is Fc1cc(F)c(NCc2cn3ccsc3n2)c(Br)c1. The molecule has 98 valence electrons. The van der Waals surface area contributed by atoms with Crippen LogP contribution in [-0.2, 0) is 6.54 Å². The fraction of sp³-hybridized carbons (Fsp3) is 0.0833. The van der Waals surface area contributed by atoms with Crippen LogP contribution in [0.5, 0.6) is 0 Å². The van der Waals surface area contributed by atoms with Crippen molar-refractivity contribution < 1.29 is 8.78 Å². The molecule has 19 heavy (non-hydrogen) atoms. The van der Waals surface area contributed by atoms with E-state index in [9.17, 15) is 8.78 Å². The minimum Gasteiger partial charge on any atom is -0.376 e. The van der Waals surface area contributed by atoms with Gasteiger partial charge in [-0.1, -0.05) is 0 Å². The molecule has 2 aromatic heterocycles. The molecular formula is C12H8BrF2N3S.